The van der Waals surface area contributed by atoms with Crippen molar-refractivity contribution in [3.05, 3.63) is 59.2 Å². The predicted molar refractivity (Wildman–Crippen MR) is 82.8 cm³/mol. The lowest BCUT2D eigenvalue weighted by Gasteiger charge is -2.15. The molecule has 2 aromatic carbocycles. The van der Waals surface area contributed by atoms with Crippen LogP contribution in [0.15, 0.2) is 42.5 Å². The maximum absolute atomic E-state index is 5.57. The summed E-state index contributed by atoms with van der Waals surface area (Å²) in [6.45, 7) is 2.18. The highest BCUT2D eigenvalue weighted by molar-refractivity contribution is 5.50. The van der Waals surface area contributed by atoms with Gasteiger partial charge in [-0.05, 0) is 29.7 Å². The molecule has 0 aliphatic rings. The molecule has 20 heavy (non-hydrogen) atoms. The van der Waals surface area contributed by atoms with Crippen LogP contribution in [0.3, 0.4) is 0 Å². The van der Waals surface area contributed by atoms with E-state index in [1.165, 1.54) is 11.1 Å². The van der Waals surface area contributed by atoms with Gasteiger partial charge < -0.3 is 9.47 Å². The van der Waals surface area contributed by atoms with Crippen molar-refractivity contribution in [2.75, 3.05) is 14.2 Å². The molecule has 2 rings (SSSR count). The van der Waals surface area contributed by atoms with Crippen LogP contribution in [0.5, 0.6) is 11.5 Å². The van der Waals surface area contributed by atoms with Crippen molar-refractivity contribution in [2.45, 2.75) is 26.2 Å². The predicted octanol–water partition coefficient (Wildman–Crippen LogP) is 4.25. The zero-order valence-electron chi connectivity index (χ0n) is 12.5. The first kappa shape index (κ1) is 14.4. The number of hydrogen-bond donors (Lipinski definition) is 0. The second-order valence-corrected chi connectivity index (χ2v) is 4.89. The molecule has 0 saturated carbocycles. The lowest BCUT2D eigenvalue weighted by Crippen LogP contribution is -2.00. The highest BCUT2D eigenvalue weighted by atomic mass is 16.5. The summed E-state index contributed by atoms with van der Waals surface area (Å²) in [7, 11) is 3.44. The van der Waals surface area contributed by atoms with Gasteiger partial charge in [0.1, 0.15) is 11.5 Å². The monoisotopic (exact) mass is 270 g/mol. The summed E-state index contributed by atoms with van der Waals surface area (Å²) < 4.78 is 11.1. The van der Waals surface area contributed by atoms with Crippen molar-refractivity contribution in [1.82, 2.24) is 0 Å². The minimum atomic E-state index is 0.819. The summed E-state index contributed by atoms with van der Waals surface area (Å²) in [5.41, 5.74) is 3.63. The van der Waals surface area contributed by atoms with Crippen LogP contribution >= 0.6 is 0 Å². The number of hydrogen-bond acceptors (Lipinski definition) is 2. The van der Waals surface area contributed by atoms with Gasteiger partial charge in [0.2, 0.25) is 0 Å². The van der Waals surface area contributed by atoms with E-state index < -0.39 is 0 Å². The van der Waals surface area contributed by atoms with Crippen LogP contribution < -0.4 is 9.47 Å². The molecule has 2 aromatic rings. The third kappa shape index (κ3) is 3.32. The number of rotatable bonds is 6. The third-order valence-electron chi connectivity index (χ3n) is 3.43. The van der Waals surface area contributed by atoms with Crippen molar-refractivity contribution < 1.29 is 9.47 Å². The van der Waals surface area contributed by atoms with E-state index in [0.717, 1.165) is 36.3 Å². The van der Waals surface area contributed by atoms with E-state index in [1.807, 2.05) is 6.07 Å². The van der Waals surface area contributed by atoms with Gasteiger partial charge in [-0.25, -0.2) is 0 Å². The molecule has 2 nitrogen and oxygen atoms in total. The fourth-order valence-corrected chi connectivity index (χ4v) is 2.45. The van der Waals surface area contributed by atoms with Crippen molar-refractivity contribution >= 4 is 0 Å². The summed E-state index contributed by atoms with van der Waals surface area (Å²) in [4.78, 5) is 0. The molecular formula is C18H22O2. The molecule has 0 radical (unpaired) electrons. The second kappa shape index (κ2) is 6.99. The smallest absolute Gasteiger partial charge is 0.126 e. The van der Waals surface area contributed by atoms with Crippen LogP contribution in [0.25, 0.3) is 0 Å². The maximum atomic E-state index is 5.57. The summed E-state index contributed by atoms with van der Waals surface area (Å²) in [6, 6.07) is 14.6. The summed E-state index contributed by atoms with van der Waals surface area (Å²) in [5.74, 6) is 1.83. The normalized spacial score (nSPS) is 10.3. The van der Waals surface area contributed by atoms with Gasteiger partial charge in [0, 0.05) is 12.0 Å². The number of methoxy groups -OCH3 is 2. The average Bonchev–Trinajstić information content (AvgIpc) is 2.49. The van der Waals surface area contributed by atoms with E-state index in [9.17, 15) is 0 Å². The molecule has 0 saturated heterocycles. The third-order valence-corrected chi connectivity index (χ3v) is 3.43. The van der Waals surface area contributed by atoms with Gasteiger partial charge in [-0.2, -0.15) is 0 Å². The standard InChI is InChI=1S/C18H22O2/c1-4-8-15-12-17(19-2)16(18(13-15)20-3)11-14-9-6-5-7-10-14/h5-7,9-10,12-13H,4,8,11H2,1-3H3. The lowest BCUT2D eigenvalue weighted by molar-refractivity contribution is 0.386. The van der Waals surface area contributed by atoms with E-state index >= 15 is 0 Å². The molecule has 0 amide bonds. The minimum absolute atomic E-state index is 0.819. The second-order valence-electron chi connectivity index (χ2n) is 4.89. The van der Waals surface area contributed by atoms with Crippen molar-refractivity contribution in [2.24, 2.45) is 0 Å². The molecule has 0 spiro atoms. The van der Waals surface area contributed by atoms with Gasteiger partial charge in [-0.15, -0.1) is 0 Å². The van der Waals surface area contributed by atoms with E-state index in [2.05, 4.69) is 43.3 Å². The first-order valence-electron chi connectivity index (χ1n) is 7.06. The number of aryl methyl sites for hydroxylation is 1. The van der Waals surface area contributed by atoms with E-state index in [0.29, 0.717) is 0 Å². The molecular weight excluding hydrogens is 248 g/mol. The van der Waals surface area contributed by atoms with Crippen LogP contribution in [0.4, 0.5) is 0 Å². The van der Waals surface area contributed by atoms with Crippen LogP contribution in [0, 0.1) is 0 Å². The van der Waals surface area contributed by atoms with Gasteiger partial charge in [0.25, 0.3) is 0 Å². The molecule has 2 heteroatoms. The largest absolute Gasteiger partial charge is 0.496 e. The molecule has 0 aliphatic carbocycles. The first-order chi connectivity index (χ1) is 9.78. The van der Waals surface area contributed by atoms with E-state index in [-0.39, 0.29) is 0 Å². The molecule has 106 valence electrons. The SMILES string of the molecule is CCCc1cc(OC)c(Cc2ccccc2)c(OC)c1. The van der Waals surface area contributed by atoms with Gasteiger partial charge in [0.05, 0.1) is 14.2 Å². The molecule has 0 atom stereocenters. The number of benzene rings is 2. The Morgan fingerprint density at radius 2 is 1.45 bits per heavy atom. The van der Waals surface area contributed by atoms with E-state index in [4.69, 9.17) is 9.47 Å². The Kier molecular flexibility index (Phi) is 5.05. The van der Waals surface area contributed by atoms with Crippen LogP contribution in [0.1, 0.15) is 30.0 Å². The Balaban J connectivity index is 2.39. The zero-order valence-corrected chi connectivity index (χ0v) is 12.5. The van der Waals surface area contributed by atoms with Gasteiger partial charge in [0.15, 0.2) is 0 Å². The fourth-order valence-electron chi connectivity index (χ4n) is 2.45. The van der Waals surface area contributed by atoms with Crippen LogP contribution in [0.2, 0.25) is 0 Å². The van der Waals surface area contributed by atoms with Gasteiger partial charge in [-0.3, -0.25) is 0 Å². The van der Waals surface area contributed by atoms with Crippen molar-refractivity contribution in [3.8, 4) is 11.5 Å². The summed E-state index contributed by atoms with van der Waals surface area (Å²) in [6.07, 6.45) is 2.97. The quantitative estimate of drug-likeness (QED) is 0.781. The van der Waals surface area contributed by atoms with Gasteiger partial charge >= 0.3 is 0 Å². The fraction of sp³-hybridized carbons (Fsp3) is 0.333. The molecule has 0 fully saturated rings. The lowest BCUT2D eigenvalue weighted by atomic mass is 9.99. The highest BCUT2D eigenvalue weighted by Gasteiger charge is 2.13. The Labute approximate surface area is 121 Å². The Bertz CT molecular complexity index is 522. The molecule has 0 aromatic heterocycles. The van der Waals surface area contributed by atoms with Crippen LogP contribution in [-0.2, 0) is 12.8 Å². The molecule has 0 bridgehead atoms. The minimum Gasteiger partial charge on any atom is -0.496 e. The molecule has 0 aliphatic heterocycles. The van der Waals surface area contributed by atoms with Crippen molar-refractivity contribution in [1.29, 1.82) is 0 Å². The topological polar surface area (TPSA) is 18.5 Å². The van der Waals surface area contributed by atoms with Crippen molar-refractivity contribution in [3.63, 3.8) is 0 Å². The highest BCUT2D eigenvalue weighted by Crippen LogP contribution is 2.33. The van der Waals surface area contributed by atoms with E-state index in [1.54, 1.807) is 14.2 Å². The summed E-state index contributed by atoms with van der Waals surface area (Å²) in [5, 5.41) is 0. The summed E-state index contributed by atoms with van der Waals surface area (Å²) >= 11 is 0. The number of ether oxygens (including phenoxy) is 2. The molecule has 0 unspecified atom stereocenters. The van der Waals surface area contributed by atoms with Crippen LogP contribution in [-0.4, -0.2) is 14.2 Å². The maximum Gasteiger partial charge on any atom is 0.126 e. The molecule has 0 N–H and O–H groups in total. The zero-order chi connectivity index (χ0) is 14.4. The Morgan fingerprint density at radius 1 is 0.850 bits per heavy atom. The first-order valence-corrected chi connectivity index (χ1v) is 7.06. The molecule has 0 heterocycles. The Hall–Kier alpha value is -1.96. The van der Waals surface area contributed by atoms with Gasteiger partial charge in [-0.1, -0.05) is 43.7 Å². The average molecular weight is 270 g/mol. The Morgan fingerprint density at radius 3 is 1.95 bits per heavy atom.